The zero-order valence-corrected chi connectivity index (χ0v) is 16.6. The third-order valence-corrected chi connectivity index (χ3v) is 4.16. The molecule has 0 heterocycles. The number of benzene rings is 2. The topological polar surface area (TPSA) is 66.9 Å². The fraction of sp³-hybridized carbons (Fsp3) is 0.381. The van der Waals surface area contributed by atoms with E-state index in [0.29, 0.717) is 19.7 Å². The second kappa shape index (κ2) is 11.1. The molecule has 0 radical (unpaired) electrons. The molecule has 2 aromatic rings. The maximum Gasteiger partial charge on any atom is 0.191 e. The molecule has 0 amide bonds. The highest BCUT2D eigenvalue weighted by atomic mass is 16.5. The molecule has 0 aliphatic heterocycles. The normalized spacial score (nSPS) is 11.2. The molecular formula is C21H30N4O2. The van der Waals surface area contributed by atoms with Crippen LogP contribution in [0.15, 0.2) is 47.5 Å². The molecule has 0 aromatic heterocycles. The Kier molecular flexibility index (Phi) is 8.45. The summed E-state index contributed by atoms with van der Waals surface area (Å²) in [6.07, 6.45) is 0. The van der Waals surface area contributed by atoms with Crippen LogP contribution in [0, 0.1) is 6.92 Å². The zero-order chi connectivity index (χ0) is 19.5. The van der Waals surface area contributed by atoms with Crippen LogP contribution in [0.4, 0.5) is 5.69 Å². The minimum atomic E-state index is 0.644. The van der Waals surface area contributed by atoms with E-state index in [9.17, 15) is 0 Å². The van der Waals surface area contributed by atoms with Crippen LogP contribution in [0.3, 0.4) is 0 Å². The van der Waals surface area contributed by atoms with Gasteiger partial charge in [0.25, 0.3) is 0 Å². The summed E-state index contributed by atoms with van der Waals surface area (Å²) in [6, 6.07) is 14.5. The van der Waals surface area contributed by atoms with Crippen molar-refractivity contribution in [3.63, 3.8) is 0 Å². The fourth-order valence-corrected chi connectivity index (χ4v) is 2.62. The summed E-state index contributed by atoms with van der Waals surface area (Å²) in [7, 11) is 5.16. The lowest BCUT2D eigenvalue weighted by Gasteiger charge is -2.14. The van der Waals surface area contributed by atoms with E-state index < -0.39 is 0 Å². The molecule has 0 atom stereocenters. The molecule has 27 heavy (non-hydrogen) atoms. The van der Waals surface area contributed by atoms with Gasteiger partial charge in [-0.15, -0.1) is 0 Å². The van der Waals surface area contributed by atoms with E-state index in [1.807, 2.05) is 6.07 Å². The number of methoxy groups -OCH3 is 2. The van der Waals surface area contributed by atoms with Crippen molar-refractivity contribution in [2.45, 2.75) is 20.0 Å². The van der Waals surface area contributed by atoms with E-state index in [0.717, 1.165) is 29.5 Å². The summed E-state index contributed by atoms with van der Waals surface area (Å²) in [5.41, 5.74) is 4.55. The van der Waals surface area contributed by atoms with Gasteiger partial charge in [-0.1, -0.05) is 24.3 Å². The first-order chi connectivity index (χ1) is 13.2. The molecule has 146 valence electrons. The molecule has 0 saturated heterocycles. The molecule has 0 bridgehead atoms. The van der Waals surface area contributed by atoms with Gasteiger partial charge < -0.3 is 25.4 Å². The molecule has 0 unspecified atom stereocenters. The lowest BCUT2D eigenvalue weighted by atomic mass is 10.1. The first kappa shape index (κ1) is 20.6. The number of hydrogen-bond donors (Lipinski definition) is 3. The van der Waals surface area contributed by atoms with Gasteiger partial charge in [0.2, 0.25) is 0 Å². The Bertz CT molecular complexity index is 729. The lowest BCUT2D eigenvalue weighted by molar-refractivity contribution is 0.211. The Morgan fingerprint density at radius 1 is 1.00 bits per heavy atom. The number of nitrogens with one attached hydrogen (secondary N) is 3. The zero-order valence-electron chi connectivity index (χ0n) is 16.6. The van der Waals surface area contributed by atoms with Crippen molar-refractivity contribution in [2.24, 2.45) is 4.99 Å². The average Bonchev–Trinajstić information content (AvgIpc) is 2.70. The van der Waals surface area contributed by atoms with Crippen LogP contribution in [-0.4, -0.2) is 40.4 Å². The summed E-state index contributed by atoms with van der Waals surface area (Å²) >= 11 is 0. The van der Waals surface area contributed by atoms with Crippen molar-refractivity contribution >= 4 is 11.6 Å². The standard InChI is InChI=1S/C21H30N4O2/c1-16-5-8-18(20(13-16)27-4)15-25-21(22-2)24-14-17-6-9-19(10-7-17)23-11-12-26-3/h5-10,13,23H,11-12,14-15H2,1-4H3,(H2,22,24,25). The SMILES string of the molecule is CN=C(NCc1ccc(NCCOC)cc1)NCc1ccc(C)cc1OC. The van der Waals surface area contributed by atoms with Gasteiger partial charge in [-0.3, -0.25) is 4.99 Å². The molecule has 0 aliphatic carbocycles. The predicted octanol–water partition coefficient (Wildman–Crippen LogP) is 2.93. The van der Waals surface area contributed by atoms with Crippen LogP contribution < -0.4 is 20.7 Å². The highest BCUT2D eigenvalue weighted by molar-refractivity contribution is 5.79. The number of aliphatic imine (C=N–C) groups is 1. The molecule has 0 spiro atoms. The number of hydrogen-bond acceptors (Lipinski definition) is 4. The van der Waals surface area contributed by atoms with Crippen molar-refractivity contribution in [3.8, 4) is 5.75 Å². The first-order valence-electron chi connectivity index (χ1n) is 9.06. The van der Waals surface area contributed by atoms with Gasteiger partial charge in [0.15, 0.2) is 5.96 Å². The van der Waals surface area contributed by atoms with E-state index in [2.05, 4.69) is 64.3 Å². The Morgan fingerprint density at radius 2 is 1.74 bits per heavy atom. The van der Waals surface area contributed by atoms with E-state index in [1.54, 1.807) is 21.3 Å². The summed E-state index contributed by atoms with van der Waals surface area (Å²) in [5.74, 6) is 1.63. The second-order valence-electron chi connectivity index (χ2n) is 6.21. The van der Waals surface area contributed by atoms with Crippen LogP contribution in [0.2, 0.25) is 0 Å². The van der Waals surface area contributed by atoms with Crippen LogP contribution >= 0.6 is 0 Å². The van der Waals surface area contributed by atoms with Crippen molar-refractivity contribution in [2.75, 3.05) is 39.7 Å². The van der Waals surface area contributed by atoms with Gasteiger partial charge >= 0.3 is 0 Å². The Labute approximate surface area is 162 Å². The summed E-state index contributed by atoms with van der Waals surface area (Å²) in [5, 5.41) is 9.97. The minimum Gasteiger partial charge on any atom is -0.496 e. The molecular weight excluding hydrogens is 340 g/mol. The van der Waals surface area contributed by atoms with Gasteiger partial charge in [-0.2, -0.15) is 0 Å². The van der Waals surface area contributed by atoms with Gasteiger partial charge in [0.05, 0.1) is 13.7 Å². The molecule has 3 N–H and O–H groups in total. The number of rotatable bonds is 9. The largest absolute Gasteiger partial charge is 0.496 e. The number of nitrogens with zero attached hydrogens (tertiary/aromatic N) is 1. The van der Waals surface area contributed by atoms with Crippen molar-refractivity contribution < 1.29 is 9.47 Å². The third-order valence-electron chi connectivity index (χ3n) is 4.16. The lowest BCUT2D eigenvalue weighted by Crippen LogP contribution is -2.36. The molecule has 2 rings (SSSR count). The summed E-state index contributed by atoms with van der Waals surface area (Å²) < 4.78 is 10.5. The Hall–Kier alpha value is -2.73. The highest BCUT2D eigenvalue weighted by Crippen LogP contribution is 2.19. The Balaban J connectivity index is 1.83. The third kappa shape index (κ3) is 6.83. The summed E-state index contributed by atoms with van der Waals surface area (Å²) in [6.45, 7) is 4.89. The molecule has 0 fully saturated rings. The van der Waals surface area contributed by atoms with E-state index in [1.165, 1.54) is 11.1 Å². The van der Waals surface area contributed by atoms with Crippen LogP contribution in [-0.2, 0) is 17.8 Å². The molecule has 6 heteroatoms. The predicted molar refractivity (Wildman–Crippen MR) is 112 cm³/mol. The van der Waals surface area contributed by atoms with Crippen LogP contribution in [0.5, 0.6) is 5.75 Å². The van der Waals surface area contributed by atoms with Crippen molar-refractivity contribution in [3.05, 3.63) is 59.2 Å². The average molecular weight is 370 g/mol. The summed E-state index contributed by atoms with van der Waals surface area (Å²) in [4.78, 5) is 4.29. The van der Waals surface area contributed by atoms with Crippen LogP contribution in [0.1, 0.15) is 16.7 Å². The molecule has 0 aliphatic rings. The van der Waals surface area contributed by atoms with Gasteiger partial charge in [-0.05, 0) is 36.2 Å². The highest BCUT2D eigenvalue weighted by Gasteiger charge is 2.05. The van der Waals surface area contributed by atoms with Gasteiger partial charge in [0, 0.05) is 45.0 Å². The monoisotopic (exact) mass is 370 g/mol. The van der Waals surface area contributed by atoms with Gasteiger partial charge in [-0.25, -0.2) is 0 Å². The second-order valence-corrected chi connectivity index (χ2v) is 6.21. The van der Waals surface area contributed by atoms with E-state index in [-0.39, 0.29) is 0 Å². The van der Waals surface area contributed by atoms with E-state index >= 15 is 0 Å². The van der Waals surface area contributed by atoms with E-state index in [4.69, 9.17) is 9.47 Å². The Morgan fingerprint density at radius 3 is 2.41 bits per heavy atom. The van der Waals surface area contributed by atoms with Crippen molar-refractivity contribution in [1.82, 2.24) is 10.6 Å². The van der Waals surface area contributed by atoms with Gasteiger partial charge in [0.1, 0.15) is 5.75 Å². The quantitative estimate of drug-likeness (QED) is 0.360. The maximum atomic E-state index is 5.45. The molecule has 2 aromatic carbocycles. The minimum absolute atomic E-state index is 0.644. The number of aryl methyl sites for hydroxylation is 1. The first-order valence-corrected chi connectivity index (χ1v) is 9.06. The van der Waals surface area contributed by atoms with Crippen molar-refractivity contribution in [1.29, 1.82) is 0 Å². The number of guanidine groups is 1. The molecule has 6 nitrogen and oxygen atoms in total. The molecule has 0 saturated carbocycles. The fourth-order valence-electron chi connectivity index (χ4n) is 2.62. The number of ether oxygens (including phenoxy) is 2. The smallest absolute Gasteiger partial charge is 0.191 e. The number of anilines is 1. The maximum absolute atomic E-state index is 5.45. The van der Waals surface area contributed by atoms with Crippen LogP contribution in [0.25, 0.3) is 0 Å².